The number of nitrogens with zero attached hydrogens (tertiary/aromatic N) is 1. The lowest BCUT2D eigenvalue weighted by Gasteiger charge is -2.32. The predicted octanol–water partition coefficient (Wildman–Crippen LogP) is 2.16. The number of nitrogens with two attached hydrogens (primary N) is 1. The Bertz CT molecular complexity index is 559. The first-order valence-corrected chi connectivity index (χ1v) is 10.3. The monoisotopic (exact) mass is 379 g/mol. The van der Waals surface area contributed by atoms with Gasteiger partial charge >= 0.3 is 13.1 Å². The molecule has 0 radical (unpaired) electrons. The van der Waals surface area contributed by atoms with Crippen LogP contribution in [0, 0.1) is 11.8 Å². The molecule has 3 aliphatic rings. The van der Waals surface area contributed by atoms with Gasteiger partial charge < -0.3 is 25.3 Å². The fourth-order valence-electron chi connectivity index (χ4n) is 4.27. The number of amides is 3. The van der Waals surface area contributed by atoms with Crippen LogP contribution >= 0.6 is 0 Å². The fourth-order valence-corrected chi connectivity index (χ4v) is 4.27. The molecule has 27 heavy (non-hydrogen) atoms. The van der Waals surface area contributed by atoms with E-state index in [2.05, 4.69) is 33.0 Å². The van der Waals surface area contributed by atoms with Crippen molar-refractivity contribution in [1.82, 2.24) is 10.2 Å². The molecule has 2 heterocycles. The summed E-state index contributed by atoms with van der Waals surface area (Å²) in [5.41, 5.74) is 4.71. The minimum atomic E-state index is -0.336. The molecule has 8 heteroatoms. The smallest absolute Gasteiger partial charge is 0.403 e. The lowest BCUT2D eigenvalue weighted by atomic mass is 9.71. The van der Waals surface area contributed by atoms with Crippen molar-refractivity contribution in [2.45, 2.75) is 76.8 Å². The van der Waals surface area contributed by atoms with Crippen LogP contribution in [0.2, 0.25) is 5.82 Å². The van der Waals surface area contributed by atoms with Gasteiger partial charge in [-0.05, 0) is 65.7 Å². The summed E-state index contributed by atoms with van der Waals surface area (Å²) < 4.78 is 12.3. The third-order valence-electron chi connectivity index (χ3n) is 6.96. The summed E-state index contributed by atoms with van der Waals surface area (Å²) in [4.78, 5) is 25.6. The Labute approximate surface area is 162 Å². The largest absolute Gasteiger partial charge is 0.463 e. The molecule has 1 aliphatic carbocycles. The summed E-state index contributed by atoms with van der Waals surface area (Å²) in [7, 11) is -0.253. The third-order valence-corrected chi connectivity index (χ3v) is 6.96. The highest BCUT2D eigenvalue weighted by Crippen LogP contribution is 2.42. The van der Waals surface area contributed by atoms with Crippen molar-refractivity contribution in [1.29, 1.82) is 0 Å². The van der Waals surface area contributed by atoms with Crippen LogP contribution in [0.1, 0.15) is 59.8 Å². The molecule has 3 rings (SSSR count). The van der Waals surface area contributed by atoms with E-state index < -0.39 is 0 Å². The summed E-state index contributed by atoms with van der Waals surface area (Å²) in [6.07, 6.45) is 4.47. The van der Waals surface area contributed by atoms with Crippen LogP contribution in [0.5, 0.6) is 0 Å². The van der Waals surface area contributed by atoms with E-state index in [1.165, 1.54) is 0 Å². The molecule has 2 saturated heterocycles. The lowest BCUT2D eigenvalue weighted by Crippen LogP contribution is -2.42. The fraction of sp³-hybridized carbons (Fsp3) is 0.895. The van der Waals surface area contributed by atoms with Crippen molar-refractivity contribution in [3.63, 3.8) is 0 Å². The van der Waals surface area contributed by atoms with Crippen LogP contribution in [0.3, 0.4) is 0 Å². The number of rotatable bonds is 4. The Kier molecular flexibility index (Phi) is 5.78. The van der Waals surface area contributed by atoms with E-state index in [0.717, 1.165) is 38.6 Å². The number of primary amides is 1. The molecule has 152 valence electrons. The molecule has 1 unspecified atom stereocenters. The molecule has 0 bridgehead atoms. The maximum Gasteiger partial charge on any atom is 0.463 e. The first-order valence-electron chi connectivity index (χ1n) is 10.3. The van der Waals surface area contributed by atoms with E-state index in [0.29, 0.717) is 19.0 Å². The Hall–Kier alpha value is -1.28. The van der Waals surface area contributed by atoms with Gasteiger partial charge in [0.25, 0.3) is 0 Å². The zero-order valence-corrected chi connectivity index (χ0v) is 17.1. The predicted molar refractivity (Wildman–Crippen MR) is 104 cm³/mol. The highest BCUT2D eigenvalue weighted by atomic mass is 16.7. The highest BCUT2D eigenvalue weighted by molar-refractivity contribution is 6.47. The van der Waals surface area contributed by atoms with Gasteiger partial charge in [0.15, 0.2) is 0 Å². The first-order chi connectivity index (χ1) is 12.6. The quantitative estimate of drug-likeness (QED) is 0.732. The van der Waals surface area contributed by atoms with Gasteiger partial charge in [0.2, 0.25) is 5.91 Å². The van der Waals surface area contributed by atoms with Gasteiger partial charge in [-0.2, -0.15) is 0 Å². The lowest BCUT2D eigenvalue weighted by molar-refractivity contribution is -0.122. The van der Waals surface area contributed by atoms with Crippen LogP contribution in [-0.2, 0) is 14.1 Å². The summed E-state index contributed by atoms with van der Waals surface area (Å²) in [6, 6.07) is -0.00829. The minimum absolute atomic E-state index is 0.00829. The normalized spacial score (nSPS) is 32.5. The number of hydrogen-bond acceptors (Lipinski definition) is 4. The Morgan fingerprint density at radius 3 is 2.22 bits per heavy atom. The van der Waals surface area contributed by atoms with Gasteiger partial charge in [-0.15, -0.1) is 0 Å². The topological polar surface area (TPSA) is 93.9 Å². The molecule has 1 saturated carbocycles. The van der Waals surface area contributed by atoms with Crippen molar-refractivity contribution in [2.24, 2.45) is 17.6 Å². The molecule has 1 atom stereocenters. The van der Waals surface area contributed by atoms with Gasteiger partial charge in [-0.1, -0.05) is 0 Å². The molecular weight excluding hydrogens is 345 g/mol. The van der Waals surface area contributed by atoms with Gasteiger partial charge in [0, 0.05) is 31.4 Å². The van der Waals surface area contributed by atoms with Crippen molar-refractivity contribution in [3.8, 4) is 0 Å². The third kappa shape index (κ3) is 4.42. The van der Waals surface area contributed by atoms with E-state index >= 15 is 0 Å². The second-order valence-electron chi connectivity index (χ2n) is 9.43. The van der Waals surface area contributed by atoms with Gasteiger partial charge in [-0.3, -0.25) is 4.79 Å². The minimum Gasteiger partial charge on any atom is -0.403 e. The molecule has 7 nitrogen and oxygen atoms in total. The number of likely N-dealkylation sites (tertiary alicyclic amines) is 1. The van der Waals surface area contributed by atoms with Crippen molar-refractivity contribution in [2.75, 3.05) is 19.6 Å². The van der Waals surface area contributed by atoms with E-state index in [4.69, 9.17) is 15.0 Å². The zero-order chi connectivity index (χ0) is 19.8. The van der Waals surface area contributed by atoms with Gasteiger partial charge in [0.05, 0.1) is 11.2 Å². The standard InChI is InChI=1S/C19H34BN3O4/c1-18(2)19(3,4)27-20(26-18)15-9-10-23(12-15)17(25)22-11-13-5-7-14(8-6-13)16(21)24/h13-15H,5-12H2,1-4H3,(H2,21,24)(H,22,25). The molecule has 0 aromatic heterocycles. The summed E-state index contributed by atoms with van der Waals surface area (Å²) in [5, 5.41) is 3.07. The molecule has 0 spiro atoms. The average molecular weight is 379 g/mol. The van der Waals surface area contributed by atoms with Crippen LogP contribution in [0.15, 0.2) is 0 Å². The van der Waals surface area contributed by atoms with E-state index in [1.54, 1.807) is 0 Å². The van der Waals surface area contributed by atoms with E-state index in [-0.39, 0.29) is 42.0 Å². The highest BCUT2D eigenvalue weighted by Gasteiger charge is 2.54. The SMILES string of the molecule is CC1(C)OB(C2CCN(C(=O)NCC3CCC(C(N)=O)CC3)C2)OC1(C)C. The van der Waals surface area contributed by atoms with Crippen LogP contribution in [-0.4, -0.2) is 54.8 Å². The van der Waals surface area contributed by atoms with Crippen molar-refractivity contribution < 1.29 is 18.9 Å². The second kappa shape index (κ2) is 7.62. The van der Waals surface area contributed by atoms with Crippen LogP contribution in [0.25, 0.3) is 0 Å². The molecule has 0 aromatic rings. The maximum atomic E-state index is 12.5. The van der Waals surface area contributed by atoms with Gasteiger partial charge in [0.1, 0.15) is 0 Å². The average Bonchev–Trinajstić information content (AvgIpc) is 3.16. The number of carbonyl (C=O) groups is 2. The molecule has 0 aromatic carbocycles. The number of hydrogen-bond donors (Lipinski definition) is 2. The van der Waals surface area contributed by atoms with Crippen LogP contribution < -0.4 is 11.1 Å². The second-order valence-corrected chi connectivity index (χ2v) is 9.43. The zero-order valence-electron chi connectivity index (χ0n) is 17.1. The Morgan fingerprint density at radius 2 is 1.67 bits per heavy atom. The molecule has 3 amide bonds. The Morgan fingerprint density at radius 1 is 1.07 bits per heavy atom. The Balaban J connectivity index is 1.42. The van der Waals surface area contributed by atoms with Gasteiger partial charge in [-0.25, -0.2) is 4.79 Å². The van der Waals surface area contributed by atoms with E-state index in [1.807, 2.05) is 4.90 Å². The molecule has 3 fully saturated rings. The molecule has 2 aliphatic heterocycles. The number of carbonyl (C=O) groups excluding carboxylic acids is 2. The number of nitrogens with one attached hydrogen (secondary N) is 1. The first kappa shape index (κ1) is 20.5. The van der Waals surface area contributed by atoms with E-state index in [9.17, 15) is 9.59 Å². The van der Waals surface area contributed by atoms with Crippen molar-refractivity contribution in [3.05, 3.63) is 0 Å². The summed E-state index contributed by atoms with van der Waals surface area (Å²) >= 11 is 0. The summed E-state index contributed by atoms with van der Waals surface area (Å²) in [5.74, 6) is 0.466. The maximum absolute atomic E-state index is 12.5. The summed E-state index contributed by atoms with van der Waals surface area (Å²) in [6.45, 7) is 10.3. The number of urea groups is 1. The van der Waals surface area contributed by atoms with Crippen molar-refractivity contribution >= 4 is 19.1 Å². The molecular formula is C19H34BN3O4. The molecule has 3 N–H and O–H groups in total. The van der Waals surface area contributed by atoms with Crippen LogP contribution in [0.4, 0.5) is 4.79 Å².